The molecule has 0 aromatic rings. The minimum atomic E-state index is -0.425. The summed E-state index contributed by atoms with van der Waals surface area (Å²) in [5, 5.41) is 10.2. The molecule has 6 atom stereocenters. The van der Waals surface area contributed by atoms with Gasteiger partial charge in [0.05, 0.1) is 30.5 Å². The number of hydrogen-bond acceptors (Lipinski definition) is 3. The molecule has 0 amide bonds. The summed E-state index contributed by atoms with van der Waals surface area (Å²) in [6, 6.07) is 0. The summed E-state index contributed by atoms with van der Waals surface area (Å²) in [5.41, 5.74) is 0. The second kappa shape index (κ2) is 6.90. The molecular weight excluding hydrogens is 308 g/mol. The van der Waals surface area contributed by atoms with Crippen molar-refractivity contribution in [2.75, 3.05) is 0 Å². The first-order valence-corrected chi connectivity index (χ1v) is 7.81. The van der Waals surface area contributed by atoms with Gasteiger partial charge < -0.3 is 14.6 Å². The van der Waals surface area contributed by atoms with Crippen molar-refractivity contribution in [3.63, 3.8) is 0 Å². The molecule has 2 heterocycles. The van der Waals surface area contributed by atoms with E-state index < -0.39 is 6.10 Å². The number of aliphatic hydroxyl groups is 1. The maximum atomic E-state index is 10.2. The summed E-state index contributed by atoms with van der Waals surface area (Å²) in [6.45, 7) is 2.10. The van der Waals surface area contributed by atoms with Gasteiger partial charge in [-0.3, -0.25) is 0 Å². The van der Waals surface area contributed by atoms with E-state index in [1.165, 1.54) is 0 Å². The Labute approximate surface area is 123 Å². The van der Waals surface area contributed by atoms with Crippen LogP contribution in [0.1, 0.15) is 32.6 Å². The lowest BCUT2D eigenvalue weighted by molar-refractivity contribution is -0.0532. The molecule has 0 spiro atoms. The topological polar surface area (TPSA) is 38.7 Å². The molecule has 2 saturated heterocycles. The van der Waals surface area contributed by atoms with Crippen molar-refractivity contribution in [1.29, 1.82) is 0 Å². The fraction of sp³-hybridized carbons (Fsp3) is 0.733. The van der Waals surface area contributed by atoms with Gasteiger partial charge in [-0.15, -0.1) is 6.42 Å². The average Bonchev–Trinajstić information content (AvgIpc) is 2.79. The molecule has 0 unspecified atom stereocenters. The SMILES string of the molecule is C#C/C=C\C[C@H]1O[C@H]2C[C@@H]1O[C@H](CC)[C@@H](Br)C[C@H]2O. The number of halogens is 1. The maximum absolute atomic E-state index is 10.2. The number of alkyl halides is 1. The quantitative estimate of drug-likeness (QED) is 0.638. The molecule has 2 aliphatic heterocycles. The van der Waals surface area contributed by atoms with Gasteiger partial charge in [0.2, 0.25) is 0 Å². The zero-order chi connectivity index (χ0) is 13.8. The molecule has 19 heavy (non-hydrogen) atoms. The Balaban J connectivity index is 2.07. The van der Waals surface area contributed by atoms with E-state index in [1.54, 1.807) is 6.08 Å². The Bertz CT molecular complexity index is 363. The molecule has 4 heteroatoms. The number of aliphatic hydroxyl groups excluding tert-OH is 1. The smallest absolute Gasteiger partial charge is 0.0877 e. The highest BCUT2D eigenvalue weighted by molar-refractivity contribution is 9.09. The van der Waals surface area contributed by atoms with Crippen LogP contribution in [0.4, 0.5) is 0 Å². The number of terminal acetylenes is 1. The first kappa shape index (κ1) is 15.1. The van der Waals surface area contributed by atoms with Gasteiger partial charge in [-0.1, -0.05) is 34.9 Å². The van der Waals surface area contributed by atoms with Gasteiger partial charge >= 0.3 is 0 Å². The number of ether oxygens (including phenoxy) is 2. The van der Waals surface area contributed by atoms with E-state index in [9.17, 15) is 5.11 Å². The molecule has 0 aromatic carbocycles. The minimum Gasteiger partial charge on any atom is -0.390 e. The molecule has 106 valence electrons. The molecule has 2 fully saturated rings. The third-order valence-corrected chi connectivity index (χ3v) is 4.83. The number of rotatable bonds is 3. The van der Waals surface area contributed by atoms with Crippen LogP contribution in [0.3, 0.4) is 0 Å². The van der Waals surface area contributed by atoms with Gasteiger partial charge in [0, 0.05) is 11.2 Å². The highest BCUT2D eigenvalue weighted by Crippen LogP contribution is 2.35. The first-order valence-electron chi connectivity index (χ1n) is 6.89. The van der Waals surface area contributed by atoms with Crippen LogP contribution in [0.25, 0.3) is 0 Å². The van der Waals surface area contributed by atoms with Crippen LogP contribution in [-0.2, 0) is 9.47 Å². The van der Waals surface area contributed by atoms with Gasteiger partial charge in [-0.05, 0) is 25.3 Å². The summed E-state index contributed by atoms with van der Waals surface area (Å²) in [7, 11) is 0. The average molecular weight is 329 g/mol. The van der Waals surface area contributed by atoms with Crippen LogP contribution in [-0.4, -0.2) is 40.5 Å². The summed E-state index contributed by atoms with van der Waals surface area (Å²) in [6.07, 6.45) is 11.6. The normalized spacial score (nSPS) is 42.8. The van der Waals surface area contributed by atoms with E-state index in [2.05, 4.69) is 28.8 Å². The molecular formula is C15H21BrO3. The highest BCUT2D eigenvalue weighted by atomic mass is 79.9. The molecule has 3 nitrogen and oxygen atoms in total. The van der Waals surface area contributed by atoms with Crippen molar-refractivity contribution in [1.82, 2.24) is 0 Å². The number of hydrogen-bond donors (Lipinski definition) is 1. The van der Waals surface area contributed by atoms with Gasteiger partial charge in [-0.25, -0.2) is 0 Å². The molecule has 2 aliphatic rings. The van der Waals surface area contributed by atoms with E-state index in [0.29, 0.717) is 6.42 Å². The van der Waals surface area contributed by atoms with E-state index in [0.717, 1.165) is 19.3 Å². The van der Waals surface area contributed by atoms with E-state index >= 15 is 0 Å². The van der Waals surface area contributed by atoms with Crippen LogP contribution in [0.2, 0.25) is 0 Å². The van der Waals surface area contributed by atoms with Crippen molar-refractivity contribution >= 4 is 15.9 Å². The van der Waals surface area contributed by atoms with Crippen molar-refractivity contribution < 1.29 is 14.6 Å². The van der Waals surface area contributed by atoms with E-state index in [-0.39, 0.29) is 29.2 Å². The second-order valence-electron chi connectivity index (χ2n) is 5.19. The lowest BCUT2D eigenvalue weighted by atomic mass is 9.97. The molecule has 1 N–H and O–H groups in total. The summed E-state index contributed by atoms with van der Waals surface area (Å²) in [4.78, 5) is 0.182. The molecule has 0 aromatic heterocycles. The third kappa shape index (κ3) is 3.61. The minimum absolute atomic E-state index is 0.00361. The Morgan fingerprint density at radius 2 is 2.05 bits per heavy atom. The van der Waals surface area contributed by atoms with Gasteiger partial charge in [0.25, 0.3) is 0 Å². The van der Waals surface area contributed by atoms with Crippen molar-refractivity contribution in [2.24, 2.45) is 0 Å². The summed E-state index contributed by atoms with van der Waals surface area (Å²) in [5.74, 6) is 2.48. The zero-order valence-electron chi connectivity index (χ0n) is 11.2. The fourth-order valence-corrected chi connectivity index (χ4v) is 3.69. The van der Waals surface area contributed by atoms with Crippen LogP contribution in [0, 0.1) is 12.3 Å². The lowest BCUT2D eigenvalue weighted by Crippen LogP contribution is -2.38. The molecule has 0 aliphatic carbocycles. The number of fused-ring (bicyclic) bond motifs is 2. The molecule has 2 rings (SSSR count). The molecule has 2 bridgehead atoms. The van der Waals surface area contributed by atoms with Crippen LogP contribution in [0.5, 0.6) is 0 Å². The molecule has 0 saturated carbocycles. The van der Waals surface area contributed by atoms with Crippen molar-refractivity contribution in [2.45, 2.75) is 68.0 Å². The summed E-state index contributed by atoms with van der Waals surface area (Å²) >= 11 is 3.63. The Morgan fingerprint density at radius 1 is 1.32 bits per heavy atom. The fourth-order valence-electron chi connectivity index (χ4n) is 2.81. The zero-order valence-corrected chi connectivity index (χ0v) is 12.8. The third-order valence-electron chi connectivity index (χ3n) is 3.86. The molecule has 0 radical (unpaired) electrons. The van der Waals surface area contributed by atoms with Crippen molar-refractivity contribution in [3.05, 3.63) is 12.2 Å². The van der Waals surface area contributed by atoms with Crippen LogP contribution in [0.15, 0.2) is 12.2 Å². The van der Waals surface area contributed by atoms with Gasteiger partial charge in [0.1, 0.15) is 0 Å². The Hall–Kier alpha value is -0.340. The van der Waals surface area contributed by atoms with Crippen LogP contribution >= 0.6 is 15.9 Å². The predicted molar refractivity (Wildman–Crippen MR) is 78.2 cm³/mol. The van der Waals surface area contributed by atoms with Gasteiger partial charge in [-0.2, -0.15) is 0 Å². The second-order valence-corrected chi connectivity index (χ2v) is 6.37. The van der Waals surface area contributed by atoms with Crippen LogP contribution < -0.4 is 0 Å². The lowest BCUT2D eigenvalue weighted by Gasteiger charge is -2.30. The predicted octanol–water partition coefficient (Wildman–Crippen LogP) is 2.42. The highest BCUT2D eigenvalue weighted by Gasteiger charge is 2.43. The Kier molecular flexibility index (Phi) is 5.47. The monoisotopic (exact) mass is 328 g/mol. The Morgan fingerprint density at radius 3 is 2.74 bits per heavy atom. The van der Waals surface area contributed by atoms with Gasteiger partial charge in [0.15, 0.2) is 0 Å². The maximum Gasteiger partial charge on any atom is 0.0877 e. The van der Waals surface area contributed by atoms with E-state index in [1.807, 2.05) is 6.08 Å². The standard InChI is InChI=1S/C15H21BrO3/c1-3-5-6-7-13-15-9-14(19-13)11(17)8-10(16)12(4-2)18-15/h1,5-6,10-15,17H,4,7-9H2,2H3/b6-5-/t10-,11+,12+,13+,14-,15-/m0/s1. The number of allylic oxidation sites excluding steroid dienone is 1. The first-order chi connectivity index (χ1) is 9.15. The largest absolute Gasteiger partial charge is 0.390 e. The van der Waals surface area contributed by atoms with Crippen molar-refractivity contribution in [3.8, 4) is 12.3 Å². The summed E-state index contributed by atoms with van der Waals surface area (Å²) < 4.78 is 12.1. The van der Waals surface area contributed by atoms with E-state index in [4.69, 9.17) is 15.9 Å².